The van der Waals surface area contributed by atoms with Crippen molar-refractivity contribution in [1.29, 1.82) is 0 Å². The minimum absolute atomic E-state index is 0.0753. The van der Waals surface area contributed by atoms with Crippen molar-refractivity contribution in [2.75, 3.05) is 19.7 Å². The molecule has 0 aliphatic carbocycles. The molecule has 1 aromatic rings. The topological polar surface area (TPSA) is 43.8 Å². The Balaban J connectivity index is 2.01. The lowest BCUT2D eigenvalue weighted by atomic mass is 10.1. The zero-order valence-corrected chi connectivity index (χ0v) is 11.9. The Morgan fingerprint density at radius 2 is 1.90 bits per heavy atom. The molecule has 2 rings (SSSR count). The molecular formula is C15H21FN2O2. The lowest BCUT2D eigenvalue weighted by Gasteiger charge is -2.44. The number of carbonyl (C=O) groups is 1. The molecule has 1 fully saturated rings. The van der Waals surface area contributed by atoms with E-state index >= 15 is 0 Å². The number of nitrogens with zero attached hydrogens (tertiary/aromatic N) is 2. The molecule has 0 aromatic heterocycles. The van der Waals surface area contributed by atoms with Gasteiger partial charge in [-0.05, 0) is 31.5 Å². The molecule has 0 radical (unpaired) electrons. The van der Waals surface area contributed by atoms with Crippen LogP contribution in [-0.2, 0) is 11.3 Å². The molecule has 5 heteroatoms. The van der Waals surface area contributed by atoms with E-state index in [0.29, 0.717) is 6.54 Å². The molecule has 4 nitrogen and oxygen atoms in total. The fourth-order valence-electron chi connectivity index (χ4n) is 2.68. The first-order valence-electron chi connectivity index (χ1n) is 6.90. The third-order valence-electron chi connectivity index (χ3n) is 3.87. The van der Waals surface area contributed by atoms with Crippen LogP contribution in [0.3, 0.4) is 0 Å². The predicted octanol–water partition coefficient (Wildman–Crippen LogP) is 1.24. The maximum atomic E-state index is 12.9. The summed E-state index contributed by atoms with van der Waals surface area (Å²) in [5.41, 5.74) is 1.06. The summed E-state index contributed by atoms with van der Waals surface area (Å²) >= 11 is 0. The van der Waals surface area contributed by atoms with Crippen LogP contribution in [0.2, 0.25) is 0 Å². The Hall–Kier alpha value is -1.46. The monoisotopic (exact) mass is 280 g/mol. The predicted molar refractivity (Wildman–Crippen MR) is 74.5 cm³/mol. The quantitative estimate of drug-likeness (QED) is 0.906. The number of rotatable bonds is 3. The summed E-state index contributed by atoms with van der Waals surface area (Å²) in [6, 6.07) is 6.80. The van der Waals surface area contributed by atoms with Gasteiger partial charge < -0.3 is 10.0 Å². The van der Waals surface area contributed by atoms with Crippen LogP contribution >= 0.6 is 0 Å². The van der Waals surface area contributed by atoms with Gasteiger partial charge in [0.15, 0.2) is 0 Å². The molecule has 110 valence electrons. The first-order valence-corrected chi connectivity index (χ1v) is 6.90. The highest BCUT2D eigenvalue weighted by Gasteiger charge is 2.31. The van der Waals surface area contributed by atoms with Crippen molar-refractivity contribution in [3.8, 4) is 0 Å². The number of aliphatic hydroxyl groups is 1. The first-order chi connectivity index (χ1) is 9.51. The largest absolute Gasteiger partial charge is 0.387 e. The van der Waals surface area contributed by atoms with Crippen LogP contribution in [0.4, 0.5) is 4.39 Å². The molecule has 20 heavy (non-hydrogen) atoms. The molecule has 0 saturated carbocycles. The van der Waals surface area contributed by atoms with Crippen molar-refractivity contribution in [2.45, 2.75) is 32.5 Å². The molecule has 1 aliphatic rings. The van der Waals surface area contributed by atoms with Gasteiger partial charge in [-0.15, -0.1) is 0 Å². The van der Waals surface area contributed by atoms with Crippen molar-refractivity contribution in [3.63, 3.8) is 0 Å². The van der Waals surface area contributed by atoms with E-state index in [9.17, 15) is 9.18 Å². The number of hydrogen-bond acceptors (Lipinski definition) is 3. The van der Waals surface area contributed by atoms with E-state index < -0.39 is 6.61 Å². The smallest absolute Gasteiger partial charge is 0.248 e. The SMILES string of the molecule is C[C@@H]1CN(Cc2ccc(F)cc2)[C@@H](C)CN1C(=O)CO. The zero-order valence-electron chi connectivity index (χ0n) is 11.9. The van der Waals surface area contributed by atoms with Gasteiger partial charge in [-0.1, -0.05) is 12.1 Å². The second-order valence-electron chi connectivity index (χ2n) is 5.46. The van der Waals surface area contributed by atoms with Crippen LogP contribution in [0, 0.1) is 5.82 Å². The van der Waals surface area contributed by atoms with E-state index in [4.69, 9.17) is 5.11 Å². The summed E-state index contributed by atoms with van der Waals surface area (Å²) < 4.78 is 12.9. The van der Waals surface area contributed by atoms with E-state index in [1.807, 2.05) is 6.92 Å². The Kier molecular flexibility index (Phi) is 4.73. The van der Waals surface area contributed by atoms with Gasteiger partial charge in [-0.25, -0.2) is 4.39 Å². The van der Waals surface area contributed by atoms with Gasteiger partial charge in [-0.2, -0.15) is 0 Å². The maximum absolute atomic E-state index is 12.9. The van der Waals surface area contributed by atoms with Gasteiger partial charge in [0.25, 0.3) is 0 Å². The summed E-state index contributed by atoms with van der Waals surface area (Å²) in [7, 11) is 0. The summed E-state index contributed by atoms with van der Waals surface area (Å²) in [4.78, 5) is 15.6. The van der Waals surface area contributed by atoms with E-state index in [1.54, 1.807) is 17.0 Å². The Morgan fingerprint density at radius 1 is 1.25 bits per heavy atom. The standard InChI is InChI=1S/C15H21FN2O2/c1-11-8-18(15(20)10-19)12(2)7-17(11)9-13-3-5-14(16)6-4-13/h3-6,11-12,19H,7-10H2,1-2H3/t11-,12+/m0/s1. The van der Waals surface area contributed by atoms with Crippen molar-refractivity contribution in [3.05, 3.63) is 35.6 Å². The van der Waals surface area contributed by atoms with Gasteiger partial charge in [0.05, 0.1) is 0 Å². The third kappa shape index (κ3) is 3.35. The van der Waals surface area contributed by atoms with Crippen molar-refractivity contribution < 1.29 is 14.3 Å². The van der Waals surface area contributed by atoms with Gasteiger partial charge in [0, 0.05) is 31.7 Å². The molecule has 1 N–H and O–H groups in total. The molecule has 0 bridgehead atoms. The molecule has 1 aliphatic heterocycles. The van der Waals surface area contributed by atoms with E-state index in [2.05, 4.69) is 11.8 Å². The number of halogens is 1. The number of benzene rings is 1. The lowest BCUT2D eigenvalue weighted by Crippen LogP contribution is -2.58. The Morgan fingerprint density at radius 3 is 2.50 bits per heavy atom. The molecule has 1 saturated heterocycles. The van der Waals surface area contributed by atoms with Crippen LogP contribution in [0.15, 0.2) is 24.3 Å². The average Bonchev–Trinajstić information content (AvgIpc) is 2.44. The second kappa shape index (κ2) is 6.33. The molecular weight excluding hydrogens is 259 g/mol. The van der Waals surface area contributed by atoms with Crippen LogP contribution < -0.4 is 0 Å². The summed E-state index contributed by atoms with van der Waals surface area (Å²) in [6.45, 7) is 5.72. The van der Waals surface area contributed by atoms with Crippen molar-refractivity contribution >= 4 is 5.91 Å². The minimum Gasteiger partial charge on any atom is -0.387 e. The number of aliphatic hydroxyl groups excluding tert-OH is 1. The van der Waals surface area contributed by atoms with Crippen LogP contribution in [0.25, 0.3) is 0 Å². The molecule has 1 heterocycles. The minimum atomic E-state index is -0.435. The fraction of sp³-hybridized carbons (Fsp3) is 0.533. The summed E-state index contributed by atoms with van der Waals surface area (Å²) in [5.74, 6) is -0.445. The molecule has 2 atom stereocenters. The Bertz CT molecular complexity index is 463. The zero-order chi connectivity index (χ0) is 14.7. The van der Waals surface area contributed by atoms with E-state index in [0.717, 1.165) is 18.7 Å². The molecule has 0 spiro atoms. The molecule has 1 aromatic carbocycles. The van der Waals surface area contributed by atoms with E-state index in [-0.39, 0.29) is 23.8 Å². The van der Waals surface area contributed by atoms with Gasteiger partial charge in [-0.3, -0.25) is 9.69 Å². The van der Waals surface area contributed by atoms with Gasteiger partial charge in [0.2, 0.25) is 5.91 Å². The third-order valence-corrected chi connectivity index (χ3v) is 3.87. The molecule has 0 unspecified atom stereocenters. The highest BCUT2D eigenvalue weighted by Crippen LogP contribution is 2.18. The fourth-order valence-corrected chi connectivity index (χ4v) is 2.68. The molecule has 1 amide bonds. The van der Waals surface area contributed by atoms with Crippen LogP contribution in [0.1, 0.15) is 19.4 Å². The van der Waals surface area contributed by atoms with Gasteiger partial charge >= 0.3 is 0 Å². The number of piperazine rings is 1. The Labute approximate surface area is 118 Å². The van der Waals surface area contributed by atoms with Crippen LogP contribution in [0.5, 0.6) is 0 Å². The first kappa shape index (κ1) is 14.9. The number of carbonyl (C=O) groups excluding carboxylic acids is 1. The highest BCUT2D eigenvalue weighted by atomic mass is 19.1. The maximum Gasteiger partial charge on any atom is 0.248 e. The highest BCUT2D eigenvalue weighted by molar-refractivity contribution is 5.77. The normalized spacial score (nSPS) is 23.9. The van der Waals surface area contributed by atoms with Crippen molar-refractivity contribution in [2.24, 2.45) is 0 Å². The van der Waals surface area contributed by atoms with E-state index in [1.165, 1.54) is 12.1 Å². The van der Waals surface area contributed by atoms with Gasteiger partial charge in [0.1, 0.15) is 12.4 Å². The van der Waals surface area contributed by atoms with Crippen molar-refractivity contribution in [1.82, 2.24) is 9.80 Å². The number of amides is 1. The van der Waals surface area contributed by atoms with Crippen LogP contribution in [-0.4, -0.2) is 52.6 Å². The summed E-state index contributed by atoms with van der Waals surface area (Å²) in [5, 5.41) is 8.98. The number of hydrogen-bond donors (Lipinski definition) is 1. The lowest BCUT2D eigenvalue weighted by molar-refractivity contribution is -0.140. The average molecular weight is 280 g/mol. The second-order valence-corrected chi connectivity index (χ2v) is 5.46. The summed E-state index contributed by atoms with van der Waals surface area (Å²) in [6.07, 6.45) is 0.